The molecule has 4 heteroatoms. The van der Waals surface area contributed by atoms with Gasteiger partial charge < -0.3 is 14.9 Å². The molecule has 0 atom stereocenters. The van der Waals surface area contributed by atoms with Crippen LogP contribution in [0.2, 0.25) is 0 Å². The van der Waals surface area contributed by atoms with Crippen molar-refractivity contribution >= 4 is 0 Å². The Labute approximate surface area is 92.5 Å². The molecular weight excluding hydrogens is 190 g/mol. The highest BCUT2D eigenvalue weighted by Gasteiger charge is 2.23. The number of aliphatic hydroxyl groups excluding tert-OH is 1. The molecule has 88 valence electrons. The fourth-order valence-corrected chi connectivity index (χ4v) is 2.31. The molecule has 1 N–H and O–H groups in total. The molecule has 0 spiro atoms. The van der Waals surface area contributed by atoms with Gasteiger partial charge in [-0.25, -0.2) is 0 Å². The summed E-state index contributed by atoms with van der Waals surface area (Å²) in [6.45, 7) is 9.03. The molecule has 2 saturated heterocycles. The first-order chi connectivity index (χ1) is 7.24. The molecule has 0 bridgehead atoms. The molecule has 0 radical (unpaired) electrons. The Kier molecular flexibility index (Phi) is 3.97. The molecule has 2 rings (SSSR count). The Morgan fingerprint density at radius 3 is 2.20 bits per heavy atom. The number of likely N-dealkylation sites (tertiary alicyclic amines) is 1. The van der Waals surface area contributed by atoms with Crippen molar-refractivity contribution in [2.24, 2.45) is 0 Å². The van der Waals surface area contributed by atoms with Crippen LogP contribution in [0.3, 0.4) is 0 Å². The van der Waals surface area contributed by atoms with Crippen LogP contribution >= 0.6 is 0 Å². The Morgan fingerprint density at radius 2 is 1.60 bits per heavy atom. The third-order valence-electron chi connectivity index (χ3n) is 3.48. The highest BCUT2D eigenvalue weighted by atomic mass is 16.3. The highest BCUT2D eigenvalue weighted by Crippen LogP contribution is 2.08. The fraction of sp³-hybridized carbons (Fsp3) is 1.00. The Hall–Kier alpha value is -0.160. The summed E-state index contributed by atoms with van der Waals surface area (Å²) in [5, 5.41) is 9.14. The maximum atomic E-state index is 9.14. The normalized spacial score (nSPS) is 26.8. The number of nitrogens with zero attached hydrogens (tertiary/aromatic N) is 3. The first kappa shape index (κ1) is 11.3. The summed E-state index contributed by atoms with van der Waals surface area (Å²) in [7, 11) is 2.19. The average molecular weight is 213 g/mol. The molecule has 4 nitrogen and oxygen atoms in total. The van der Waals surface area contributed by atoms with Gasteiger partial charge in [-0.3, -0.25) is 4.90 Å². The van der Waals surface area contributed by atoms with Gasteiger partial charge in [0.05, 0.1) is 6.10 Å². The van der Waals surface area contributed by atoms with E-state index in [4.69, 9.17) is 5.11 Å². The molecule has 0 aliphatic carbocycles. The minimum Gasteiger partial charge on any atom is -0.390 e. The lowest BCUT2D eigenvalue weighted by Gasteiger charge is -2.37. The van der Waals surface area contributed by atoms with Crippen LogP contribution in [0.5, 0.6) is 0 Å². The van der Waals surface area contributed by atoms with E-state index in [-0.39, 0.29) is 6.10 Å². The zero-order valence-corrected chi connectivity index (χ0v) is 9.73. The number of likely N-dealkylation sites (N-methyl/N-ethyl adjacent to an activating group) is 1. The summed E-state index contributed by atoms with van der Waals surface area (Å²) in [4.78, 5) is 7.28. The van der Waals surface area contributed by atoms with Gasteiger partial charge in [0.25, 0.3) is 0 Å². The summed E-state index contributed by atoms with van der Waals surface area (Å²) in [6.07, 6.45) is 1.20. The van der Waals surface area contributed by atoms with E-state index < -0.39 is 0 Å². The largest absolute Gasteiger partial charge is 0.390 e. The van der Waals surface area contributed by atoms with Crippen molar-refractivity contribution < 1.29 is 5.11 Å². The smallest absolute Gasteiger partial charge is 0.0793 e. The lowest BCUT2D eigenvalue weighted by molar-refractivity contribution is -0.000128. The Morgan fingerprint density at radius 1 is 1.00 bits per heavy atom. The molecule has 0 aromatic rings. The third kappa shape index (κ3) is 3.41. The van der Waals surface area contributed by atoms with Gasteiger partial charge in [-0.2, -0.15) is 0 Å². The second kappa shape index (κ2) is 5.25. The molecule has 0 aromatic carbocycles. The van der Waals surface area contributed by atoms with E-state index in [1.54, 1.807) is 0 Å². The average Bonchev–Trinajstić information content (AvgIpc) is 2.18. The van der Waals surface area contributed by atoms with E-state index in [0.29, 0.717) is 0 Å². The molecule has 2 heterocycles. The zero-order chi connectivity index (χ0) is 10.7. The number of hydrogen-bond acceptors (Lipinski definition) is 4. The van der Waals surface area contributed by atoms with Crippen LogP contribution in [0.25, 0.3) is 0 Å². The molecule has 0 amide bonds. The van der Waals surface area contributed by atoms with Gasteiger partial charge in [0, 0.05) is 39.3 Å². The Bertz CT molecular complexity index is 186. The van der Waals surface area contributed by atoms with Crippen LogP contribution in [0.4, 0.5) is 0 Å². The minimum atomic E-state index is -0.0476. The molecule has 2 fully saturated rings. The molecule has 0 unspecified atom stereocenters. The van der Waals surface area contributed by atoms with Crippen molar-refractivity contribution in [1.29, 1.82) is 0 Å². The van der Waals surface area contributed by atoms with Gasteiger partial charge in [-0.05, 0) is 26.6 Å². The predicted octanol–water partition coefficient (Wildman–Crippen LogP) is -0.700. The lowest BCUT2D eigenvalue weighted by atomic mass is 10.1. The molecule has 0 aromatic heterocycles. The van der Waals surface area contributed by atoms with E-state index >= 15 is 0 Å². The van der Waals surface area contributed by atoms with Crippen molar-refractivity contribution in [3.05, 3.63) is 0 Å². The van der Waals surface area contributed by atoms with Gasteiger partial charge in [0.2, 0.25) is 0 Å². The maximum Gasteiger partial charge on any atom is 0.0793 e. The van der Waals surface area contributed by atoms with Crippen molar-refractivity contribution in [3.8, 4) is 0 Å². The lowest BCUT2D eigenvalue weighted by Crippen LogP contribution is -2.51. The second-order valence-corrected chi connectivity index (χ2v) is 4.91. The minimum absolute atomic E-state index is 0.0476. The van der Waals surface area contributed by atoms with Crippen LogP contribution in [0.15, 0.2) is 0 Å². The fourth-order valence-electron chi connectivity index (χ4n) is 2.31. The van der Waals surface area contributed by atoms with Crippen LogP contribution in [-0.4, -0.2) is 85.3 Å². The number of β-amino-alcohol motifs (C(OH)–C–C–N with tert-alkyl or cyclic N) is 1. The molecular formula is C11H23N3O. The summed E-state index contributed by atoms with van der Waals surface area (Å²) in [5.41, 5.74) is 0. The van der Waals surface area contributed by atoms with Crippen LogP contribution in [-0.2, 0) is 0 Å². The Balaban J connectivity index is 1.51. The first-order valence-electron chi connectivity index (χ1n) is 6.05. The number of hydrogen-bond donors (Lipinski definition) is 1. The summed E-state index contributed by atoms with van der Waals surface area (Å²) < 4.78 is 0. The van der Waals surface area contributed by atoms with Crippen molar-refractivity contribution in [1.82, 2.24) is 14.7 Å². The van der Waals surface area contributed by atoms with Gasteiger partial charge in [-0.15, -0.1) is 0 Å². The predicted molar refractivity (Wildman–Crippen MR) is 61.0 cm³/mol. The number of piperazine rings is 1. The van der Waals surface area contributed by atoms with Gasteiger partial charge in [0.1, 0.15) is 0 Å². The third-order valence-corrected chi connectivity index (χ3v) is 3.48. The SMILES string of the molecule is CN1CCN(CCCN2CC(O)C2)CC1. The molecule has 2 aliphatic heterocycles. The summed E-state index contributed by atoms with van der Waals surface area (Å²) in [5.74, 6) is 0. The summed E-state index contributed by atoms with van der Waals surface area (Å²) >= 11 is 0. The topological polar surface area (TPSA) is 30.0 Å². The maximum absolute atomic E-state index is 9.14. The van der Waals surface area contributed by atoms with Gasteiger partial charge in [0.15, 0.2) is 0 Å². The van der Waals surface area contributed by atoms with E-state index in [2.05, 4.69) is 21.7 Å². The van der Waals surface area contributed by atoms with E-state index in [9.17, 15) is 0 Å². The number of aliphatic hydroxyl groups is 1. The van der Waals surface area contributed by atoms with Crippen molar-refractivity contribution in [3.63, 3.8) is 0 Å². The first-order valence-corrected chi connectivity index (χ1v) is 6.05. The van der Waals surface area contributed by atoms with E-state index in [1.807, 2.05) is 0 Å². The quantitative estimate of drug-likeness (QED) is 0.669. The van der Waals surface area contributed by atoms with Crippen LogP contribution in [0, 0.1) is 0 Å². The highest BCUT2D eigenvalue weighted by molar-refractivity contribution is 4.79. The standard InChI is InChI=1S/C11H23N3O/c1-12-5-7-13(8-6-12)3-2-4-14-9-11(15)10-14/h11,15H,2-10H2,1H3. The van der Waals surface area contributed by atoms with E-state index in [1.165, 1.54) is 39.1 Å². The molecule has 15 heavy (non-hydrogen) atoms. The molecule has 2 aliphatic rings. The van der Waals surface area contributed by atoms with Crippen LogP contribution < -0.4 is 0 Å². The summed E-state index contributed by atoms with van der Waals surface area (Å²) in [6, 6.07) is 0. The van der Waals surface area contributed by atoms with Crippen molar-refractivity contribution in [2.75, 3.05) is 59.4 Å². The van der Waals surface area contributed by atoms with E-state index in [0.717, 1.165) is 19.6 Å². The monoisotopic (exact) mass is 213 g/mol. The van der Waals surface area contributed by atoms with Gasteiger partial charge >= 0.3 is 0 Å². The van der Waals surface area contributed by atoms with Gasteiger partial charge in [-0.1, -0.05) is 0 Å². The van der Waals surface area contributed by atoms with Crippen LogP contribution in [0.1, 0.15) is 6.42 Å². The zero-order valence-electron chi connectivity index (χ0n) is 9.73. The van der Waals surface area contributed by atoms with Crippen molar-refractivity contribution in [2.45, 2.75) is 12.5 Å². The molecule has 0 saturated carbocycles. The number of rotatable bonds is 4. The second-order valence-electron chi connectivity index (χ2n) is 4.91.